The summed E-state index contributed by atoms with van der Waals surface area (Å²) in [5.41, 5.74) is 5.90. The minimum absolute atomic E-state index is 0.348. The highest BCUT2D eigenvalue weighted by molar-refractivity contribution is 7.99. The molecule has 0 bridgehead atoms. The fourth-order valence-corrected chi connectivity index (χ4v) is 2.35. The van der Waals surface area contributed by atoms with Crippen molar-refractivity contribution in [1.29, 1.82) is 0 Å². The maximum Gasteiger partial charge on any atom is 0.326 e. The van der Waals surface area contributed by atoms with Gasteiger partial charge in [-0.25, -0.2) is 0 Å². The van der Waals surface area contributed by atoms with Gasteiger partial charge < -0.3 is 10.5 Å². The van der Waals surface area contributed by atoms with Gasteiger partial charge in [0, 0.05) is 12.8 Å². The van der Waals surface area contributed by atoms with Crippen molar-refractivity contribution < 1.29 is 9.53 Å². The molecule has 0 spiro atoms. The van der Waals surface area contributed by atoms with E-state index in [9.17, 15) is 4.79 Å². The Morgan fingerprint density at radius 1 is 1.71 bits per heavy atom. The van der Waals surface area contributed by atoms with E-state index < -0.39 is 5.54 Å². The lowest BCUT2D eigenvalue weighted by atomic mass is 10.1. The van der Waals surface area contributed by atoms with Crippen LogP contribution in [0.25, 0.3) is 0 Å². The zero-order valence-electron chi connectivity index (χ0n) is 10.7. The Morgan fingerprint density at radius 2 is 2.35 bits per heavy atom. The van der Waals surface area contributed by atoms with Crippen LogP contribution < -0.4 is 5.73 Å². The van der Waals surface area contributed by atoms with Gasteiger partial charge in [0.15, 0.2) is 0 Å². The van der Waals surface area contributed by atoms with Gasteiger partial charge >= 0.3 is 5.97 Å². The summed E-state index contributed by atoms with van der Waals surface area (Å²) in [4.78, 5) is 11.6. The molecule has 0 aromatic carbocycles. The van der Waals surface area contributed by atoms with Gasteiger partial charge in [-0.1, -0.05) is 0 Å². The van der Waals surface area contributed by atoms with E-state index in [0.717, 1.165) is 10.7 Å². The minimum Gasteiger partial charge on any atom is -0.465 e. The first kappa shape index (κ1) is 14.1. The third-order valence-corrected chi connectivity index (χ3v) is 3.64. The first-order valence-corrected chi connectivity index (χ1v) is 6.45. The Labute approximate surface area is 106 Å². The summed E-state index contributed by atoms with van der Waals surface area (Å²) in [5, 5.41) is 5.22. The third kappa shape index (κ3) is 3.74. The molecule has 17 heavy (non-hydrogen) atoms. The lowest BCUT2D eigenvalue weighted by molar-refractivity contribution is -0.148. The van der Waals surface area contributed by atoms with Gasteiger partial charge in [0.05, 0.1) is 17.3 Å². The monoisotopic (exact) mass is 257 g/mol. The standard InChI is InChI=1S/C11H19N3O2S/c1-5-16-10(15)11(3,12)7-17-9-6-8(2)13-14(9)4/h6H,5,7,12H2,1-4H3. The van der Waals surface area contributed by atoms with E-state index in [1.807, 2.05) is 20.0 Å². The lowest BCUT2D eigenvalue weighted by Gasteiger charge is -2.21. The summed E-state index contributed by atoms with van der Waals surface area (Å²) in [6.07, 6.45) is 0. The molecule has 0 amide bonds. The largest absolute Gasteiger partial charge is 0.465 e. The highest BCUT2D eigenvalue weighted by Gasteiger charge is 2.30. The van der Waals surface area contributed by atoms with Gasteiger partial charge in [0.2, 0.25) is 0 Å². The van der Waals surface area contributed by atoms with Crippen molar-refractivity contribution in [2.24, 2.45) is 12.8 Å². The maximum atomic E-state index is 11.6. The fourth-order valence-electron chi connectivity index (χ4n) is 1.30. The highest BCUT2D eigenvalue weighted by atomic mass is 32.2. The third-order valence-electron chi connectivity index (χ3n) is 2.22. The topological polar surface area (TPSA) is 70.1 Å². The van der Waals surface area contributed by atoms with Gasteiger partial charge in [-0.05, 0) is 26.8 Å². The summed E-state index contributed by atoms with van der Waals surface area (Å²) in [7, 11) is 1.87. The van der Waals surface area contributed by atoms with Crippen LogP contribution in [0.3, 0.4) is 0 Å². The van der Waals surface area contributed by atoms with Crippen LogP contribution in [-0.2, 0) is 16.6 Å². The van der Waals surface area contributed by atoms with Crippen molar-refractivity contribution in [3.8, 4) is 0 Å². The summed E-state index contributed by atoms with van der Waals surface area (Å²) < 4.78 is 6.71. The molecule has 1 heterocycles. The number of thioether (sulfide) groups is 1. The number of aryl methyl sites for hydroxylation is 2. The average molecular weight is 257 g/mol. The van der Waals surface area contributed by atoms with E-state index in [2.05, 4.69) is 5.10 Å². The highest BCUT2D eigenvalue weighted by Crippen LogP contribution is 2.22. The van der Waals surface area contributed by atoms with Crippen LogP contribution in [0.5, 0.6) is 0 Å². The number of carbonyl (C=O) groups is 1. The first-order chi connectivity index (χ1) is 7.86. The minimum atomic E-state index is -0.973. The quantitative estimate of drug-likeness (QED) is 0.632. The first-order valence-electron chi connectivity index (χ1n) is 5.46. The summed E-state index contributed by atoms with van der Waals surface area (Å²) in [6.45, 7) is 5.73. The number of rotatable bonds is 5. The van der Waals surface area contributed by atoms with Crippen LogP contribution in [0.1, 0.15) is 19.5 Å². The van der Waals surface area contributed by atoms with Crippen molar-refractivity contribution in [3.63, 3.8) is 0 Å². The molecule has 0 saturated heterocycles. The van der Waals surface area contributed by atoms with Gasteiger partial charge in [0.25, 0.3) is 0 Å². The summed E-state index contributed by atoms with van der Waals surface area (Å²) >= 11 is 1.50. The van der Waals surface area contributed by atoms with Crippen LogP contribution in [0, 0.1) is 6.92 Å². The number of nitrogens with zero attached hydrogens (tertiary/aromatic N) is 2. The molecule has 0 saturated carbocycles. The van der Waals surface area contributed by atoms with E-state index in [0.29, 0.717) is 12.4 Å². The maximum absolute atomic E-state index is 11.6. The van der Waals surface area contributed by atoms with Gasteiger partial charge in [0.1, 0.15) is 5.54 Å². The number of hydrogen-bond donors (Lipinski definition) is 1. The van der Waals surface area contributed by atoms with E-state index in [-0.39, 0.29) is 5.97 Å². The van der Waals surface area contributed by atoms with Crippen LogP contribution >= 0.6 is 11.8 Å². The van der Waals surface area contributed by atoms with Crippen LogP contribution in [-0.4, -0.2) is 33.6 Å². The normalized spacial score (nSPS) is 14.4. The Bertz CT molecular complexity index is 401. The molecule has 0 aliphatic rings. The predicted octanol–water partition coefficient (Wildman–Crippen LogP) is 1.10. The molecule has 2 N–H and O–H groups in total. The molecular formula is C11H19N3O2S. The molecule has 0 aliphatic carbocycles. The molecule has 1 rings (SSSR count). The van der Waals surface area contributed by atoms with Crippen molar-refractivity contribution in [2.45, 2.75) is 31.3 Å². The molecule has 1 aromatic heterocycles. The average Bonchev–Trinajstić information content (AvgIpc) is 2.55. The molecule has 0 aliphatic heterocycles. The van der Waals surface area contributed by atoms with E-state index in [4.69, 9.17) is 10.5 Å². The Balaban J connectivity index is 2.60. The van der Waals surface area contributed by atoms with Crippen molar-refractivity contribution in [1.82, 2.24) is 9.78 Å². The molecule has 0 radical (unpaired) electrons. The van der Waals surface area contributed by atoms with Crippen LogP contribution in [0.2, 0.25) is 0 Å². The van der Waals surface area contributed by atoms with Crippen molar-refractivity contribution in [2.75, 3.05) is 12.4 Å². The van der Waals surface area contributed by atoms with E-state index in [1.54, 1.807) is 18.5 Å². The number of nitrogens with two attached hydrogens (primary N) is 1. The van der Waals surface area contributed by atoms with Crippen LogP contribution in [0.4, 0.5) is 0 Å². The van der Waals surface area contributed by atoms with Crippen molar-refractivity contribution in [3.05, 3.63) is 11.8 Å². The molecule has 96 valence electrons. The number of ether oxygens (including phenoxy) is 1. The number of esters is 1. The molecule has 5 nitrogen and oxygen atoms in total. The summed E-state index contributed by atoms with van der Waals surface area (Å²) in [5.74, 6) is 0.0940. The Hall–Kier alpha value is -1.01. The lowest BCUT2D eigenvalue weighted by Crippen LogP contribution is -2.48. The summed E-state index contributed by atoms with van der Waals surface area (Å²) in [6, 6.07) is 1.96. The van der Waals surface area contributed by atoms with Gasteiger partial charge in [-0.3, -0.25) is 9.48 Å². The van der Waals surface area contributed by atoms with Crippen molar-refractivity contribution >= 4 is 17.7 Å². The second kappa shape index (κ2) is 5.55. The molecule has 0 fully saturated rings. The molecule has 1 aromatic rings. The molecular weight excluding hydrogens is 238 g/mol. The number of hydrogen-bond acceptors (Lipinski definition) is 5. The van der Waals surface area contributed by atoms with Gasteiger partial charge in [-0.2, -0.15) is 5.10 Å². The van der Waals surface area contributed by atoms with Crippen LogP contribution in [0.15, 0.2) is 11.1 Å². The second-order valence-corrected chi connectivity index (χ2v) is 5.17. The Morgan fingerprint density at radius 3 is 2.82 bits per heavy atom. The SMILES string of the molecule is CCOC(=O)C(C)(N)CSc1cc(C)nn1C. The predicted molar refractivity (Wildman–Crippen MR) is 67.9 cm³/mol. The molecule has 1 atom stereocenters. The van der Waals surface area contributed by atoms with E-state index >= 15 is 0 Å². The zero-order valence-corrected chi connectivity index (χ0v) is 11.5. The molecule has 1 unspecified atom stereocenters. The van der Waals surface area contributed by atoms with E-state index in [1.165, 1.54) is 11.8 Å². The number of aromatic nitrogens is 2. The Kier molecular flexibility index (Phi) is 4.59. The van der Waals surface area contributed by atoms with Gasteiger partial charge in [-0.15, -0.1) is 11.8 Å². The zero-order chi connectivity index (χ0) is 13.1. The fraction of sp³-hybridized carbons (Fsp3) is 0.636. The second-order valence-electron chi connectivity index (χ2n) is 4.17. The number of carbonyl (C=O) groups excluding carboxylic acids is 1. The smallest absolute Gasteiger partial charge is 0.326 e. The molecule has 6 heteroatoms.